The van der Waals surface area contributed by atoms with Crippen molar-refractivity contribution in [2.24, 2.45) is 0 Å². The number of rotatable bonds is 2. The van der Waals surface area contributed by atoms with Crippen LogP contribution >= 0.6 is 24.2 Å². The summed E-state index contributed by atoms with van der Waals surface area (Å²) in [7, 11) is 0. The lowest BCUT2D eigenvalue weighted by atomic mass is 9.98. The quantitative estimate of drug-likeness (QED) is 0.693. The van der Waals surface area contributed by atoms with Crippen LogP contribution in [0, 0.1) is 0 Å². The summed E-state index contributed by atoms with van der Waals surface area (Å²) in [5, 5.41) is 0.834. The van der Waals surface area contributed by atoms with E-state index in [1.807, 2.05) is 12.1 Å². The highest BCUT2D eigenvalue weighted by molar-refractivity contribution is 7.80. The van der Waals surface area contributed by atoms with E-state index >= 15 is 0 Å². The molecule has 0 bridgehead atoms. The molecule has 0 amide bonds. The molecule has 0 radical (unpaired) electrons. The maximum atomic E-state index is 5.91. The molecule has 1 aliphatic rings. The zero-order valence-corrected chi connectivity index (χ0v) is 8.41. The average Bonchev–Trinajstić information content (AvgIpc) is 2.84. The van der Waals surface area contributed by atoms with Crippen molar-refractivity contribution in [2.45, 2.75) is 18.3 Å². The lowest BCUT2D eigenvalue weighted by Crippen LogP contribution is -2.07. The van der Waals surface area contributed by atoms with Gasteiger partial charge in [-0.2, -0.15) is 12.6 Å². The highest BCUT2D eigenvalue weighted by Gasteiger charge is 2.42. The molecule has 1 aromatic rings. The number of benzene rings is 1. The molecule has 0 heterocycles. The van der Waals surface area contributed by atoms with E-state index in [4.69, 9.17) is 11.6 Å². The van der Waals surface area contributed by atoms with Crippen LogP contribution in [-0.2, 0) is 5.41 Å². The van der Waals surface area contributed by atoms with Gasteiger partial charge in [0.05, 0.1) is 0 Å². The summed E-state index contributed by atoms with van der Waals surface area (Å²) < 4.78 is 0. The molecule has 0 unspecified atom stereocenters. The molecule has 12 heavy (non-hydrogen) atoms. The van der Waals surface area contributed by atoms with Crippen molar-refractivity contribution in [2.75, 3.05) is 5.75 Å². The number of thiol groups is 1. The Balaban J connectivity index is 2.34. The first kappa shape index (κ1) is 8.46. The Morgan fingerprint density at radius 1 is 1.42 bits per heavy atom. The fourth-order valence-electron chi connectivity index (χ4n) is 1.51. The average molecular weight is 199 g/mol. The SMILES string of the molecule is SCC1(c2cccc(Cl)c2)CC1. The number of hydrogen-bond donors (Lipinski definition) is 1. The van der Waals surface area contributed by atoms with Crippen LogP contribution in [-0.4, -0.2) is 5.75 Å². The molecule has 0 N–H and O–H groups in total. The summed E-state index contributed by atoms with van der Waals surface area (Å²) >= 11 is 10.3. The van der Waals surface area contributed by atoms with Gasteiger partial charge < -0.3 is 0 Å². The van der Waals surface area contributed by atoms with Gasteiger partial charge in [0, 0.05) is 10.4 Å². The molecule has 1 fully saturated rings. The van der Waals surface area contributed by atoms with Gasteiger partial charge in [0.15, 0.2) is 0 Å². The minimum Gasteiger partial charge on any atom is -0.178 e. The summed E-state index contributed by atoms with van der Waals surface area (Å²) in [6.45, 7) is 0. The van der Waals surface area contributed by atoms with Gasteiger partial charge in [-0.05, 0) is 36.3 Å². The van der Waals surface area contributed by atoms with Gasteiger partial charge in [-0.15, -0.1) is 0 Å². The van der Waals surface area contributed by atoms with Crippen LogP contribution in [0.1, 0.15) is 18.4 Å². The van der Waals surface area contributed by atoms with Crippen LogP contribution in [0.3, 0.4) is 0 Å². The lowest BCUT2D eigenvalue weighted by Gasteiger charge is -2.11. The van der Waals surface area contributed by atoms with Crippen LogP contribution < -0.4 is 0 Å². The molecule has 2 heteroatoms. The molecule has 0 aromatic heterocycles. The van der Waals surface area contributed by atoms with Gasteiger partial charge in [0.1, 0.15) is 0 Å². The van der Waals surface area contributed by atoms with Crippen LogP contribution in [0.4, 0.5) is 0 Å². The maximum absolute atomic E-state index is 5.91. The van der Waals surface area contributed by atoms with Crippen LogP contribution in [0.25, 0.3) is 0 Å². The molecule has 64 valence electrons. The molecule has 0 atom stereocenters. The summed E-state index contributed by atoms with van der Waals surface area (Å²) in [6.07, 6.45) is 2.52. The van der Waals surface area contributed by atoms with Crippen molar-refractivity contribution in [1.29, 1.82) is 0 Å². The standard InChI is InChI=1S/C10H11ClS/c11-9-3-1-2-8(6-9)10(7-12)4-5-10/h1-3,6,12H,4-5,7H2. The lowest BCUT2D eigenvalue weighted by molar-refractivity contribution is 0.805. The molecule has 0 aliphatic heterocycles. The largest absolute Gasteiger partial charge is 0.178 e. The van der Waals surface area contributed by atoms with Crippen molar-refractivity contribution in [3.8, 4) is 0 Å². The Hall–Kier alpha value is -0.140. The van der Waals surface area contributed by atoms with Crippen molar-refractivity contribution in [1.82, 2.24) is 0 Å². The maximum Gasteiger partial charge on any atom is 0.0408 e. The zero-order chi connectivity index (χ0) is 8.60. The van der Waals surface area contributed by atoms with Crippen molar-refractivity contribution in [3.63, 3.8) is 0 Å². The van der Waals surface area contributed by atoms with E-state index in [2.05, 4.69) is 24.8 Å². The molecule has 0 saturated heterocycles. The third-order valence-corrected chi connectivity index (χ3v) is 3.43. The first-order valence-electron chi connectivity index (χ1n) is 4.14. The normalized spacial score (nSPS) is 19.2. The smallest absolute Gasteiger partial charge is 0.0408 e. The van der Waals surface area contributed by atoms with Gasteiger partial charge >= 0.3 is 0 Å². The summed E-state index contributed by atoms with van der Waals surface area (Å²) in [6, 6.07) is 8.14. The van der Waals surface area contributed by atoms with Gasteiger partial charge in [-0.3, -0.25) is 0 Å². The highest BCUT2D eigenvalue weighted by Crippen LogP contribution is 2.49. The Kier molecular flexibility index (Phi) is 2.09. The van der Waals surface area contributed by atoms with Crippen LogP contribution in [0.2, 0.25) is 5.02 Å². The predicted molar refractivity (Wildman–Crippen MR) is 56.2 cm³/mol. The summed E-state index contributed by atoms with van der Waals surface area (Å²) in [5.41, 5.74) is 1.71. The van der Waals surface area contributed by atoms with E-state index in [-0.39, 0.29) is 0 Å². The molecule has 0 nitrogen and oxygen atoms in total. The topological polar surface area (TPSA) is 0 Å². The monoisotopic (exact) mass is 198 g/mol. The van der Waals surface area contributed by atoms with Crippen LogP contribution in [0.15, 0.2) is 24.3 Å². The molecule has 0 spiro atoms. The molecule has 1 aliphatic carbocycles. The van der Waals surface area contributed by atoms with E-state index in [0.717, 1.165) is 10.8 Å². The molecule has 2 rings (SSSR count). The van der Waals surface area contributed by atoms with E-state index in [1.165, 1.54) is 18.4 Å². The minimum absolute atomic E-state index is 0.355. The molecular weight excluding hydrogens is 188 g/mol. The molecular formula is C10H11ClS. The number of hydrogen-bond acceptors (Lipinski definition) is 1. The Labute approximate surface area is 83.3 Å². The fourth-order valence-corrected chi connectivity index (χ4v) is 2.20. The first-order chi connectivity index (χ1) is 5.77. The summed E-state index contributed by atoms with van der Waals surface area (Å²) in [5.74, 6) is 0.938. The fraction of sp³-hybridized carbons (Fsp3) is 0.400. The van der Waals surface area contributed by atoms with Gasteiger partial charge in [-0.25, -0.2) is 0 Å². The van der Waals surface area contributed by atoms with E-state index in [0.29, 0.717) is 5.41 Å². The van der Waals surface area contributed by atoms with E-state index in [9.17, 15) is 0 Å². The van der Waals surface area contributed by atoms with Gasteiger partial charge in [0.2, 0.25) is 0 Å². The van der Waals surface area contributed by atoms with Crippen molar-refractivity contribution >= 4 is 24.2 Å². The molecule has 1 aromatic carbocycles. The van der Waals surface area contributed by atoms with Crippen molar-refractivity contribution < 1.29 is 0 Å². The van der Waals surface area contributed by atoms with E-state index < -0.39 is 0 Å². The minimum atomic E-state index is 0.355. The van der Waals surface area contributed by atoms with Crippen molar-refractivity contribution in [3.05, 3.63) is 34.9 Å². The molecule has 1 saturated carbocycles. The third-order valence-electron chi connectivity index (χ3n) is 2.59. The predicted octanol–water partition coefficient (Wildman–Crippen LogP) is 3.30. The number of halogens is 1. The second-order valence-electron chi connectivity index (χ2n) is 3.45. The summed E-state index contributed by atoms with van der Waals surface area (Å²) in [4.78, 5) is 0. The van der Waals surface area contributed by atoms with Gasteiger partial charge in [-0.1, -0.05) is 23.7 Å². The highest BCUT2D eigenvalue weighted by atomic mass is 35.5. The third kappa shape index (κ3) is 1.36. The first-order valence-corrected chi connectivity index (χ1v) is 5.15. The second-order valence-corrected chi connectivity index (χ2v) is 4.20. The second kappa shape index (κ2) is 2.97. The van der Waals surface area contributed by atoms with Gasteiger partial charge in [0.25, 0.3) is 0 Å². The van der Waals surface area contributed by atoms with E-state index in [1.54, 1.807) is 0 Å². The zero-order valence-electron chi connectivity index (χ0n) is 6.76. The Morgan fingerprint density at radius 2 is 2.17 bits per heavy atom. The van der Waals surface area contributed by atoms with Crippen LogP contribution in [0.5, 0.6) is 0 Å². The Morgan fingerprint density at radius 3 is 2.67 bits per heavy atom. The Bertz CT molecular complexity index is 292.